The molecule has 1 heterocycles. The van der Waals surface area contributed by atoms with E-state index in [0.717, 1.165) is 23.9 Å². The SMILES string of the molecule is CC1CC(C)CC(n2cnc3ccc(C(=O)O)cc32)C1. The van der Waals surface area contributed by atoms with E-state index in [1.807, 2.05) is 6.33 Å². The number of rotatable bonds is 2. The van der Waals surface area contributed by atoms with Crippen LogP contribution < -0.4 is 0 Å². The number of aromatic carboxylic acids is 1. The largest absolute Gasteiger partial charge is 0.478 e. The number of hydrogen-bond donors (Lipinski definition) is 1. The van der Waals surface area contributed by atoms with Crippen LogP contribution in [0.1, 0.15) is 49.5 Å². The zero-order valence-corrected chi connectivity index (χ0v) is 11.9. The van der Waals surface area contributed by atoms with E-state index in [2.05, 4.69) is 23.4 Å². The number of carbonyl (C=O) groups is 1. The molecule has 1 fully saturated rings. The number of carboxylic acid groups (broad SMARTS) is 1. The lowest BCUT2D eigenvalue weighted by Crippen LogP contribution is -2.22. The van der Waals surface area contributed by atoms with Crippen molar-refractivity contribution < 1.29 is 9.90 Å². The van der Waals surface area contributed by atoms with Crippen molar-refractivity contribution in [3.05, 3.63) is 30.1 Å². The Hall–Kier alpha value is -1.84. The van der Waals surface area contributed by atoms with Gasteiger partial charge in [0, 0.05) is 6.04 Å². The van der Waals surface area contributed by atoms with Crippen molar-refractivity contribution in [2.75, 3.05) is 0 Å². The van der Waals surface area contributed by atoms with Gasteiger partial charge in [0.25, 0.3) is 0 Å². The molecule has 1 aromatic heterocycles. The summed E-state index contributed by atoms with van der Waals surface area (Å²) in [6.07, 6.45) is 5.44. The third kappa shape index (κ3) is 2.30. The van der Waals surface area contributed by atoms with Crippen LogP contribution in [-0.4, -0.2) is 20.6 Å². The van der Waals surface area contributed by atoms with Crippen LogP contribution >= 0.6 is 0 Å². The molecule has 0 aliphatic heterocycles. The van der Waals surface area contributed by atoms with Crippen molar-refractivity contribution in [1.29, 1.82) is 0 Å². The van der Waals surface area contributed by atoms with Crippen LogP contribution in [0.4, 0.5) is 0 Å². The van der Waals surface area contributed by atoms with Crippen LogP contribution in [0.15, 0.2) is 24.5 Å². The molecule has 0 bridgehead atoms. The van der Waals surface area contributed by atoms with E-state index in [-0.39, 0.29) is 0 Å². The Morgan fingerprint density at radius 1 is 1.25 bits per heavy atom. The number of carboxylic acids is 1. The summed E-state index contributed by atoms with van der Waals surface area (Å²) in [5, 5.41) is 9.14. The standard InChI is InChI=1S/C16H20N2O2/c1-10-5-11(2)7-13(6-10)18-9-17-14-4-3-12(16(19)20)8-15(14)18/h3-4,8-11,13H,5-7H2,1-2H3,(H,19,20). The van der Waals surface area contributed by atoms with Gasteiger partial charge in [-0.15, -0.1) is 0 Å². The number of benzene rings is 1. The van der Waals surface area contributed by atoms with Crippen molar-refractivity contribution in [2.24, 2.45) is 11.8 Å². The first-order valence-electron chi connectivity index (χ1n) is 7.24. The third-order valence-electron chi connectivity index (χ3n) is 4.37. The van der Waals surface area contributed by atoms with E-state index in [1.54, 1.807) is 18.2 Å². The van der Waals surface area contributed by atoms with Crippen molar-refractivity contribution in [2.45, 2.75) is 39.2 Å². The Labute approximate surface area is 118 Å². The molecule has 0 radical (unpaired) electrons. The normalized spacial score (nSPS) is 26.8. The van der Waals surface area contributed by atoms with Gasteiger partial charge in [-0.05, 0) is 49.3 Å². The molecule has 2 unspecified atom stereocenters. The maximum absolute atomic E-state index is 11.1. The molecule has 1 aromatic carbocycles. The van der Waals surface area contributed by atoms with Gasteiger partial charge in [0.05, 0.1) is 22.9 Å². The lowest BCUT2D eigenvalue weighted by Gasteiger charge is -2.32. The van der Waals surface area contributed by atoms with Gasteiger partial charge < -0.3 is 9.67 Å². The van der Waals surface area contributed by atoms with Gasteiger partial charge in [0.2, 0.25) is 0 Å². The number of nitrogens with zero attached hydrogens (tertiary/aromatic N) is 2. The second kappa shape index (κ2) is 4.93. The first-order chi connectivity index (χ1) is 9.54. The molecule has 0 saturated heterocycles. The summed E-state index contributed by atoms with van der Waals surface area (Å²) in [5.74, 6) is 0.540. The van der Waals surface area contributed by atoms with Gasteiger partial charge >= 0.3 is 5.97 Å². The number of aromatic nitrogens is 2. The average molecular weight is 272 g/mol. The lowest BCUT2D eigenvalue weighted by atomic mass is 9.80. The van der Waals surface area contributed by atoms with Gasteiger partial charge in [-0.2, -0.15) is 0 Å². The smallest absolute Gasteiger partial charge is 0.335 e. The van der Waals surface area contributed by atoms with E-state index in [9.17, 15) is 4.79 Å². The van der Waals surface area contributed by atoms with Gasteiger partial charge in [-0.25, -0.2) is 9.78 Å². The highest BCUT2D eigenvalue weighted by Gasteiger charge is 2.26. The van der Waals surface area contributed by atoms with Crippen LogP contribution in [0.5, 0.6) is 0 Å². The van der Waals surface area contributed by atoms with Crippen LogP contribution in [0, 0.1) is 11.8 Å². The van der Waals surface area contributed by atoms with Gasteiger partial charge in [-0.1, -0.05) is 13.8 Å². The first kappa shape index (κ1) is 13.2. The molecule has 0 spiro atoms. The molecule has 106 valence electrons. The first-order valence-corrected chi connectivity index (χ1v) is 7.24. The zero-order valence-electron chi connectivity index (χ0n) is 11.9. The molecular weight excluding hydrogens is 252 g/mol. The fraction of sp³-hybridized carbons (Fsp3) is 0.500. The summed E-state index contributed by atoms with van der Waals surface area (Å²) >= 11 is 0. The molecule has 2 aromatic rings. The van der Waals surface area contributed by atoms with Crippen molar-refractivity contribution in [1.82, 2.24) is 9.55 Å². The van der Waals surface area contributed by atoms with Crippen molar-refractivity contribution >= 4 is 17.0 Å². The Kier molecular flexibility index (Phi) is 3.24. The molecular formula is C16H20N2O2. The van der Waals surface area contributed by atoms with Crippen LogP contribution in [0.25, 0.3) is 11.0 Å². The van der Waals surface area contributed by atoms with E-state index in [0.29, 0.717) is 23.4 Å². The molecule has 1 N–H and O–H groups in total. The van der Waals surface area contributed by atoms with E-state index in [1.165, 1.54) is 6.42 Å². The van der Waals surface area contributed by atoms with Crippen molar-refractivity contribution in [3.8, 4) is 0 Å². The van der Waals surface area contributed by atoms with Gasteiger partial charge in [-0.3, -0.25) is 0 Å². The van der Waals surface area contributed by atoms with Crippen LogP contribution in [0.3, 0.4) is 0 Å². The molecule has 0 amide bonds. The minimum atomic E-state index is -0.884. The maximum Gasteiger partial charge on any atom is 0.335 e. The molecule has 1 aliphatic carbocycles. The summed E-state index contributed by atoms with van der Waals surface area (Å²) < 4.78 is 2.17. The highest BCUT2D eigenvalue weighted by molar-refractivity contribution is 5.92. The van der Waals surface area contributed by atoms with Crippen molar-refractivity contribution in [3.63, 3.8) is 0 Å². The monoisotopic (exact) mass is 272 g/mol. The summed E-state index contributed by atoms with van der Waals surface area (Å²) in [6.45, 7) is 4.59. The molecule has 2 atom stereocenters. The Morgan fingerprint density at radius 2 is 1.95 bits per heavy atom. The Morgan fingerprint density at radius 3 is 2.60 bits per heavy atom. The molecule has 4 heteroatoms. The van der Waals surface area contributed by atoms with Gasteiger partial charge in [0.1, 0.15) is 0 Å². The maximum atomic E-state index is 11.1. The molecule has 4 nitrogen and oxygen atoms in total. The Bertz CT molecular complexity index is 637. The summed E-state index contributed by atoms with van der Waals surface area (Å²) in [7, 11) is 0. The molecule has 1 saturated carbocycles. The van der Waals surface area contributed by atoms with Crippen LogP contribution in [-0.2, 0) is 0 Å². The number of fused-ring (bicyclic) bond motifs is 1. The third-order valence-corrected chi connectivity index (χ3v) is 4.37. The van der Waals surface area contributed by atoms with E-state index >= 15 is 0 Å². The fourth-order valence-corrected chi connectivity index (χ4v) is 3.58. The minimum absolute atomic E-state index is 0.330. The molecule has 1 aliphatic rings. The summed E-state index contributed by atoms with van der Waals surface area (Å²) in [5.41, 5.74) is 2.15. The predicted octanol–water partition coefficient (Wildman–Crippen LogP) is 3.73. The average Bonchev–Trinajstić information content (AvgIpc) is 2.80. The predicted molar refractivity (Wildman–Crippen MR) is 77.9 cm³/mol. The van der Waals surface area contributed by atoms with Crippen LogP contribution in [0.2, 0.25) is 0 Å². The lowest BCUT2D eigenvalue weighted by molar-refractivity contribution is 0.0697. The minimum Gasteiger partial charge on any atom is -0.478 e. The highest BCUT2D eigenvalue weighted by Crippen LogP contribution is 2.37. The Balaban J connectivity index is 2.02. The van der Waals surface area contributed by atoms with Gasteiger partial charge in [0.15, 0.2) is 0 Å². The van der Waals surface area contributed by atoms with E-state index in [4.69, 9.17) is 5.11 Å². The summed E-state index contributed by atoms with van der Waals surface area (Å²) in [6, 6.07) is 5.59. The number of imidazole rings is 1. The number of hydrogen-bond acceptors (Lipinski definition) is 2. The molecule has 3 rings (SSSR count). The zero-order chi connectivity index (χ0) is 14.3. The quantitative estimate of drug-likeness (QED) is 0.906. The second-order valence-corrected chi connectivity index (χ2v) is 6.23. The summed E-state index contributed by atoms with van der Waals surface area (Å²) in [4.78, 5) is 15.5. The fourth-order valence-electron chi connectivity index (χ4n) is 3.58. The van der Waals surface area contributed by atoms with E-state index < -0.39 is 5.97 Å². The highest BCUT2D eigenvalue weighted by atomic mass is 16.4. The molecule has 20 heavy (non-hydrogen) atoms. The topological polar surface area (TPSA) is 55.1 Å². The second-order valence-electron chi connectivity index (χ2n) is 6.23.